The summed E-state index contributed by atoms with van der Waals surface area (Å²) in [5.41, 5.74) is 6.97. The molecule has 11 heteroatoms. The SMILES string of the molecule is CO[C@H]1O[C@H](COCc2ccccc2)[C@@H](OCc2ccccc2)[C@H](OCc2ccccc2)[C@@H]1O[C@H]1O[C@H](COCc2ccccc2)[C@@H](OCc2ccccc2)[C@H](OCc2ccccc2)[C@@H]1OCc1ccccc1. The van der Waals surface area contributed by atoms with Crippen molar-refractivity contribution in [3.05, 3.63) is 251 Å². The van der Waals surface area contributed by atoms with Gasteiger partial charge in [0, 0.05) is 7.11 Å². The number of ether oxygens (including phenoxy) is 11. The Morgan fingerprint density at radius 1 is 0.288 bits per heavy atom. The Morgan fingerprint density at radius 2 is 0.548 bits per heavy atom. The van der Waals surface area contributed by atoms with Gasteiger partial charge >= 0.3 is 0 Å². The second-order valence-corrected chi connectivity index (χ2v) is 18.2. The van der Waals surface area contributed by atoms with Crippen molar-refractivity contribution in [1.29, 1.82) is 0 Å². The molecule has 7 aromatic carbocycles. The number of hydrogen-bond acceptors (Lipinski definition) is 11. The first-order valence-corrected chi connectivity index (χ1v) is 25.2. The van der Waals surface area contributed by atoms with E-state index in [0.717, 1.165) is 38.9 Å². The number of rotatable bonds is 26. The van der Waals surface area contributed by atoms with Gasteiger partial charge in [-0.3, -0.25) is 0 Å². The molecule has 7 aromatic rings. The zero-order valence-corrected chi connectivity index (χ0v) is 41.3. The van der Waals surface area contributed by atoms with Crippen molar-refractivity contribution in [2.75, 3.05) is 20.3 Å². The molecule has 0 aliphatic carbocycles. The largest absolute Gasteiger partial charge is 0.374 e. The zero-order chi connectivity index (χ0) is 49.7. The molecule has 0 saturated carbocycles. The number of hydrogen-bond donors (Lipinski definition) is 0. The van der Waals surface area contributed by atoms with Crippen molar-refractivity contribution in [1.82, 2.24) is 0 Å². The minimum absolute atomic E-state index is 0.150. The molecule has 10 atom stereocenters. The van der Waals surface area contributed by atoms with Crippen molar-refractivity contribution >= 4 is 0 Å². The van der Waals surface area contributed by atoms with E-state index in [1.165, 1.54) is 0 Å². The van der Waals surface area contributed by atoms with Gasteiger partial charge in [0.1, 0.15) is 48.8 Å². The van der Waals surface area contributed by atoms with Gasteiger partial charge in [-0.25, -0.2) is 0 Å². The second kappa shape index (κ2) is 28.0. The van der Waals surface area contributed by atoms with Gasteiger partial charge in [-0.05, 0) is 38.9 Å². The Bertz CT molecular complexity index is 2560. The highest BCUT2D eigenvalue weighted by atomic mass is 16.8. The fraction of sp³-hybridized carbons (Fsp3) is 0.323. The molecule has 0 bridgehead atoms. The lowest BCUT2D eigenvalue weighted by Gasteiger charge is -2.50. The lowest BCUT2D eigenvalue weighted by atomic mass is 9.96. The standard InChI is InChI=1S/C62H66O11/c1-63-61-60(58(69-42-51-33-19-7-20-34-51)56(67-40-49-29-15-5-16-30-49)53(71-61)44-64-37-46-23-9-2-10-24-46)73-62-59(70-43-52-35-21-8-22-36-52)57(68-41-50-31-17-6-18-32-50)55(66-39-48-27-13-4-14-28-48)54(72-62)45-65-38-47-25-11-3-12-26-47/h2-36,53-62H,37-45H2,1H3/t53-,54-,55-,56-,57+,58+,59+,60+,61+,62-/m1/s1. The smallest absolute Gasteiger partial charge is 0.187 e. The van der Waals surface area contributed by atoms with Crippen molar-refractivity contribution in [3.63, 3.8) is 0 Å². The highest BCUT2D eigenvalue weighted by Crippen LogP contribution is 2.37. The van der Waals surface area contributed by atoms with E-state index in [9.17, 15) is 0 Å². The minimum atomic E-state index is -1.10. The first kappa shape index (κ1) is 52.0. The van der Waals surface area contributed by atoms with Crippen molar-refractivity contribution < 1.29 is 52.1 Å². The van der Waals surface area contributed by atoms with Crippen molar-refractivity contribution in [3.8, 4) is 0 Å². The predicted octanol–water partition coefficient (Wildman–Crippen LogP) is 10.8. The van der Waals surface area contributed by atoms with E-state index in [1.54, 1.807) is 7.11 Å². The molecule has 380 valence electrons. The molecule has 2 aliphatic heterocycles. The molecule has 0 spiro atoms. The van der Waals surface area contributed by atoms with E-state index in [1.807, 2.05) is 212 Å². The average Bonchev–Trinajstić information content (AvgIpc) is 3.45. The van der Waals surface area contributed by atoms with Gasteiger partial charge < -0.3 is 52.1 Å². The van der Waals surface area contributed by atoms with Crippen LogP contribution in [-0.4, -0.2) is 81.7 Å². The molecule has 11 nitrogen and oxygen atoms in total. The summed E-state index contributed by atoms with van der Waals surface area (Å²) in [5, 5.41) is 0. The topological polar surface area (TPSA) is 102 Å². The number of benzene rings is 7. The summed E-state index contributed by atoms with van der Waals surface area (Å²) in [6.07, 6.45) is -8.11. The normalized spacial score (nSPS) is 24.0. The molecular weight excluding hydrogens is 921 g/mol. The summed E-state index contributed by atoms with van der Waals surface area (Å²) in [4.78, 5) is 0. The van der Waals surface area contributed by atoms with Gasteiger partial charge in [-0.15, -0.1) is 0 Å². The van der Waals surface area contributed by atoms with Crippen LogP contribution in [0.15, 0.2) is 212 Å². The first-order chi connectivity index (χ1) is 36.2. The Balaban J connectivity index is 1.09. The highest BCUT2D eigenvalue weighted by molar-refractivity contribution is 5.19. The van der Waals surface area contributed by atoms with Gasteiger partial charge in [-0.2, -0.15) is 0 Å². The average molecular weight is 987 g/mol. The van der Waals surface area contributed by atoms with Crippen LogP contribution in [0.1, 0.15) is 38.9 Å². The molecule has 0 N–H and O–H groups in total. The summed E-state index contributed by atoms with van der Waals surface area (Å²) in [6, 6.07) is 70.4. The molecule has 2 heterocycles. The third kappa shape index (κ3) is 15.3. The fourth-order valence-electron chi connectivity index (χ4n) is 9.15. The van der Waals surface area contributed by atoms with E-state index in [-0.39, 0.29) is 46.2 Å². The van der Waals surface area contributed by atoms with Crippen LogP contribution in [0.5, 0.6) is 0 Å². The molecule has 0 amide bonds. The van der Waals surface area contributed by atoms with Crippen LogP contribution in [0.25, 0.3) is 0 Å². The fourth-order valence-corrected chi connectivity index (χ4v) is 9.15. The lowest BCUT2D eigenvalue weighted by molar-refractivity contribution is -0.381. The van der Waals surface area contributed by atoms with Crippen LogP contribution >= 0.6 is 0 Å². The summed E-state index contributed by atoms with van der Waals surface area (Å²) in [7, 11) is 1.60. The molecule has 73 heavy (non-hydrogen) atoms. The zero-order valence-electron chi connectivity index (χ0n) is 41.3. The lowest BCUT2D eigenvalue weighted by Crippen LogP contribution is -2.66. The van der Waals surface area contributed by atoms with Crippen LogP contribution < -0.4 is 0 Å². The Hall–Kier alpha value is -5.90. The van der Waals surface area contributed by atoms with Crippen LogP contribution in [0.3, 0.4) is 0 Å². The van der Waals surface area contributed by atoms with Crippen LogP contribution in [0, 0.1) is 0 Å². The van der Waals surface area contributed by atoms with Gasteiger partial charge in [-0.1, -0.05) is 212 Å². The quantitative estimate of drug-likeness (QED) is 0.0518. The van der Waals surface area contributed by atoms with E-state index in [0.29, 0.717) is 13.2 Å². The monoisotopic (exact) mass is 986 g/mol. The predicted molar refractivity (Wildman–Crippen MR) is 276 cm³/mol. The first-order valence-electron chi connectivity index (χ1n) is 25.2. The Kier molecular flexibility index (Phi) is 19.9. The third-order valence-corrected chi connectivity index (χ3v) is 12.9. The van der Waals surface area contributed by atoms with E-state index >= 15 is 0 Å². The maximum Gasteiger partial charge on any atom is 0.187 e. The summed E-state index contributed by atoms with van der Waals surface area (Å²) >= 11 is 0. The van der Waals surface area contributed by atoms with Crippen molar-refractivity contribution in [2.45, 2.75) is 108 Å². The summed E-state index contributed by atoms with van der Waals surface area (Å²) in [6.45, 7) is 2.38. The third-order valence-electron chi connectivity index (χ3n) is 12.9. The molecule has 0 unspecified atom stereocenters. The molecular formula is C62H66O11. The molecule has 2 fully saturated rings. The van der Waals surface area contributed by atoms with Gasteiger partial charge in [0.25, 0.3) is 0 Å². The molecule has 0 radical (unpaired) electrons. The Morgan fingerprint density at radius 3 is 0.863 bits per heavy atom. The molecule has 2 aliphatic rings. The van der Waals surface area contributed by atoms with Crippen molar-refractivity contribution in [2.24, 2.45) is 0 Å². The van der Waals surface area contributed by atoms with Crippen LogP contribution in [-0.2, 0) is 98.4 Å². The van der Waals surface area contributed by atoms with Crippen LogP contribution in [0.2, 0.25) is 0 Å². The molecule has 9 rings (SSSR count). The molecule has 0 aromatic heterocycles. The Labute approximate surface area is 429 Å². The number of methoxy groups -OCH3 is 1. The van der Waals surface area contributed by atoms with E-state index < -0.39 is 61.4 Å². The van der Waals surface area contributed by atoms with Gasteiger partial charge in [0.2, 0.25) is 0 Å². The van der Waals surface area contributed by atoms with Crippen LogP contribution in [0.4, 0.5) is 0 Å². The maximum absolute atomic E-state index is 7.40. The highest BCUT2D eigenvalue weighted by Gasteiger charge is 2.54. The summed E-state index contributed by atoms with van der Waals surface area (Å²) in [5.74, 6) is 0. The summed E-state index contributed by atoms with van der Waals surface area (Å²) < 4.78 is 75.8. The van der Waals surface area contributed by atoms with E-state index in [2.05, 4.69) is 0 Å². The van der Waals surface area contributed by atoms with E-state index in [4.69, 9.17) is 52.1 Å². The molecule has 2 saturated heterocycles. The minimum Gasteiger partial charge on any atom is -0.374 e. The van der Waals surface area contributed by atoms with Gasteiger partial charge in [0.05, 0.1) is 59.5 Å². The second-order valence-electron chi connectivity index (χ2n) is 18.2. The van der Waals surface area contributed by atoms with Gasteiger partial charge in [0.15, 0.2) is 12.6 Å². The maximum atomic E-state index is 7.40.